The van der Waals surface area contributed by atoms with Gasteiger partial charge in [0, 0.05) is 35.6 Å². The molecule has 2 heterocycles. The van der Waals surface area contributed by atoms with Crippen molar-refractivity contribution < 1.29 is 14.1 Å². The average molecular weight is 437 g/mol. The Bertz CT molecular complexity index is 1170. The standard InChI is InChI=1S/C24H28N4O4/c1-15(2)28-13-18(21(29)19(14-28)23(31)26-24(3,4)5)22(30)25-12-17-11-20(32-27-17)16-9-7-6-8-10-16/h6-11,13-15H,12H2,1-5H3,(H,25,30)(H,26,31). The number of pyridine rings is 1. The van der Waals surface area contributed by atoms with E-state index in [1.54, 1.807) is 10.6 Å². The van der Waals surface area contributed by atoms with E-state index in [1.165, 1.54) is 12.4 Å². The lowest BCUT2D eigenvalue weighted by atomic mass is 10.1. The first-order chi connectivity index (χ1) is 15.0. The molecule has 2 amide bonds. The van der Waals surface area contributed by atoms with Crippen LogP contribution in [0.4, 0.5) is 0 Å². The van der Waals surface area contributed by atoms with Crippen LogP contribution in [0.25, 0.3) is 11.3 Å². The minimum absolute atomic E-state index is 0.0488. The van der Waals surface area contributed by atoms with Gasteiger partial charge in [-0.15, -0.1) is 0 Å². The molecule has 3 rings (SSSR count). The van der Waals surface area contributed by atoms with Gasteiger partial charge in [0.2, 0.25) is 5.43 Å². The van der Waals surface area contributed by atoms with E-state index < -0.39 is 22.8 Å². The van der Waals surface area contributed by atoms with Crippen molar-refractivity contribution in [3.05, 3.63) is 75.8 Å². The Morgan fingerprint density at radius 2 is 1.69 bits per heavy atom. The number of nitrogens with zero attached hydrogens (tertiary/aromatic N) is 2. The minimum atomic E-state index is -0.619. The monoisotopic (exact) mass is 436 g/mol. The zero-order valence-corrected chi connectivity index (χ0v) is 18.9. The molecule has 0 atom stereocenters. The van der Waals surface area contributed by atoms with Crippen LogP contribution in [-0.2, 0) is 6.54 Å². The lowest BCUT2D eigenvalue weighted by Crippen LogP contribution is -2.43. The summed E-state index contributed by atoms with van der Waals surface area (Å²) in [6.45, 7) is 9.35. The summed E-state index contributed by atoms with van der Waals surface area (Å²) >= 11 is 0. The lowest BCUT2D eigenvalue weighted by molar-refractivity contribution is 0.0917. The number of nitrogens with one attached hydrogen (secondary N) is 2. The second-order valence-electron chi connectivity index (χ2n) is 8.89. The van der Waals surface area contributed by atoms with Crippen LogP contribution in [-0.4, -0.2) is 27.1 Å². The molecule has 8 nitrogen and oxygen atoms in total. The van der Waals surface area contributed by atoms with Gasteiger partial charge in [0.05, 0.1) is 6.54 Å². The lowest BCUT2D eigenvalue weighted by Gasteiger charge is -2.21. The molecule has 3 aromatic rings. The highest BCUT2D eigenvalue weighted by Crippen LogP contribution is 2.19. The maximum atomic E-state index is 12.9. The number of rotatable bonds is 6. The molecule has 0 fully saturated rings. The summed E-state index contributed by atoms with van der Waals surface area (Å²) in [5.74, 6) is -0.521. The SMILES string of the molecule is CC(C)n1cc(C(=O)NCc2cc(-c3ccccc3)on2)c(=O)c(C(=O)NC(C)(C)C)c1. The van der Waals surface area contributed by atoms with Gasteiger partial charge in [-0.05, 0) is 34.6 Å². The van der Waals surface area contributed by atoms with Crippen molar-refractivity contribution in [1.82, 2.24) is 20.4 Å². The van der Waals surface area contributed by atoms with Crippen molar-refractivity contribution in [2.24, 2.45) is 0 Å². The molecule has 32 heavy (non-hydrogen) atoms. The Morgan fingerprint density at radius 1 is 1.06 bits per heavy atom. The van der Waals surface area contributed by atoms with Crippen molar-refractivity contribution in [1.29, 1.82) is 0 Å². The molecule has 0 bridgehead atoms. The van der Waals surface area contributed by atoms with Crippen molar-refractivity contribution in [3.63, 3.8) is 0 Å². The fraction of sp³-hybridized carbons (Fsp3) is 0.333. The number of hydrogen-bond donors (Lipinski definition) is 2. The molecule has 0 radical (unpaired) electrons. The predicted octanol–water partition coefficient (Wildman–Crippen LogP) is 3.54. The van der Waals surface area contributed by atoms with Crippen LogP contribution >= 0.6 is 0 Å². The smallest absolute Gasteiger partial charge is 0.257 e. The summed E-state index contributed by atoms with van der Waals surface area (Å²) in [5.41, 5.74) is 0.0683. The van der Waals surface area contributed by atoms with Crippen LogP contribution in [0.3, 0.4) is 0 Å². The number of aromatic nitrogens is 2. The number of benzene rings is 1. The summed E-state index contributed by atoms with van der Waals surface area (Å²) in [6, 6.07) is 11.2. The largest absolute Gasteiger partial charge is 0.356 e. The van der Waals surface area contributed by atoms with Gasteiger partial charge in [-0.2, -0.15) is 0 Å². The van der Waals surface area contributed by atoms with E-state index in [0.717, 1.165) is 5.56 Å². The van der Waals surface area contributed by atoms with Crippen LogP contribution in [0, 0.1) is 0 Å². The van der Waals surface area contributed by atoms with Crippen molar-refractivity contribution in [3.8, 4) is 11.3 Å². The fourth-order valence-electron chi connectivity index (χ4n) is 3.03. The first kappa shape index (κ1) is 23.0. The van der Waals surface area contributed by atoms with E-state index in [4.69, 9.17) is 4.52 Å². The van der Waals surface area contributed by atoms with Gasteiger partial charge in [-0.25, -0.2) is 0 Å². The van der Waals surface area contributed by atoms with Crippen LogP contribution in [0.5, 0.6) is 0 Å². The van der Waals surface area contributed by atoms with Gasteiger partial charge in [0.15, 0.2) is 5.76 Å². The Balaban J connectivity index is 1.82. The fourth-order valence-corrected chi connectivity index (χ4v) is 3.03. The van der Waals surface area contributed by atoms with E-state index in [2.05, 4.69) is 15.8 Å². The van der Waals surface area contributed by atoms with E-state index in [9.17, 15) is 14.4 Å². The number of carbonyl (C=O) groups excluding carboxylic acids is 2. The zero-order valence-electron chi connectivity index (χ0n) is 18.9. The summed E-state index contributed by atoms with van der Waals surface area (Å²) < 4.78 is 7.02. The van der Waals surface area contributed by atoms with Crippen LogP contribution in [0.15, 0.2) is 58.1 Å². The third-order valence-corrected chi connectivity index (χ3v) is 4.67. The predicted molar refractivity (Wildman–Crippen MR) is 121 cm³/mol. The molecule has 2 aromatic heterocycles. The molecule has 0 saturated carbocycles. The molecular formula is C24H28N4O4. The van der Waals surface area contributed by atoms with Crippen molar-refractivity contribution in [2.75, 3.05) is 0 Å². The summed E-state index contributed by atoms with van der Waals surface area (Å²) in [7, 11) is 0. The molecule has 0 saturated heterocycles. The summed E-state index contributed by atoms with van der Waals surface area (Å²) in [5, 5.41) is 9.45. The highest BCUT2D eigenvalue weighted by atomic mass is 16.5. The summed E-state index contributed by atoms with van der Waals surface area (Å²) in [6.07, 6.45) is 2.95. The normalized spacial score (nSPS) is 11.4. The second-order valence-corrected chi connectivity index (χ2v) is 8.89. The Labute approximate surface area is 186 Å². The first-order valence-electron chi connectivity index (χ1n) is 10.4. The molecule has 0 aliphatic rings. The Hall–Kier alpha value is -3.68. The quantitative estimate of drug-likeness (QED) is 0.615. The molecule has 0 aliphatic carbocycles. The average Bonchev–Trinajstić information content (AvgIpc) is 3.20. The number of hydrogen-bond acceptors (Lipinski definition) is 5. The molecule has 8 heteroatoms. The molecule has 168 valence electrons. The highest BCUT2D eigenvalue weighted by molar-refractivity contribution is 5.99. The van der Waals surface area contributed by atoms with Crippen molar-refractivity contribution >= 4 is 11.8 Å². The molecule has 0 aliphatic heterocycles. The Kier molecular flexibility index (Phi) is 6.62. The number of carbonyl (C=O) groups is 2. The van der Waals surface area contributed by atoms with Gasteiger partial charge >= 0.3 is 0 Å². The van der Waals surface area contributed by atoms with E-state index in [0.29, 0.717) is 11.5 Å². The number of amides is 2. The van der Waals surface area contributed by atoms with Gasteiger partial charge in [-0.3, -0.25) is 14.4 Å². The van der Waals surface area contributed by atoms with Crippen LogP contribution in [0.2, 0.25) is 0 Å². The van der Waals surface area contributed by atoms with E-state index in [1.807, 2.05) is 65.0 Å². The maximum absolute atomic E-state index is 12.9. The molecule has 0 unspecified atom stereocenters. The topological polar surface area (TPSA) is 106 Å². The van der Waals surface area contributed by atoms with Crippen LogP contribution < -0.4 is 16.1 Å². The van der Waals surface area contributed by atoms with Gasteiger partial charge in [-0.1, -0.05) is 35.5 Å². The van der Waals surface area contributed by atoms with Crippen LogP contribution in [0.1, 0.15) is 67.1 Å². The van der Waals surface area contributed by atoms with E-state index >= 15 is 0 Å². The highest BCUT2D eigenvalue weighted by Gasteiger charge is 2.23. The van der Waals surface area contributed by atoms with Gasteiger partial charge in [0.25, 0.3) is 11.8 Å². The molecular weight excluding hydrogens is 408 g/mol. The molecule has 1 aromatic carbocycles. The van der Waals surface area contributed by atoms with Crippen molar-refractivity contribution in [2.45, 2.75) is 52.7 Å². The van der Waals surface area contributed by atoms with E-state index in [-0.39, 0.29) is 23.7 Å². The Morgan fingerprint density at radius 3 is 2.28 bits per heavy atom. The van der Waals surface area contributed by atoms with Gasteiger partial charge in [0.1, 0.15) is 16.8 Å². The second kappa shape index (κ2) is 9.21. The third-order valence-electron chi connectivity index (χ3n) is 4.67. The summed E-state index contributed by atoms with van der Waals surface area (Å²) in [4.78, 5) is 38.4. The zero-order chi connectivity index (χ0) is 23.5. The third kappa shape index (κ3) is 5.51. The minimum Gasteiger partial charge on any atom is -0.356 e. The van der Waals surface area contributed by atoms with Gasteiger partial charge < -0.3 is 19.7 Å². The first-order valence-corrected chi connectivity index (χ1v) is 10.4. The molecule has 2 N–H and O–H groups in total. The maximum Gasteiger partial charge on any atom is 0.257 e. The molecule has 0 spiro atoms.